The molecule has 0 atom stereocenters. The van der Waals surface area contributed by atoms with Crippen LogP contribution in [0.15, 0.2) is 24.3 Å². The second-order valence-corrected chi connectivity index (χ2v) is 9.21. The number of nitro groups is 1. The average Bonchev–Trinajstić information content (AvgIpc) is 3.02. The Balaban J connectivity index is 1.66. The van der Waals surface area contributed by atoms with E-state index in [2.05, 4.69) is 15.9 Å². The van der Waals surface area contributed by atoms with Gasteiger partial charge in [0.05, 0.1) is 137 Å². The van der Waals surface area contributed by atoms with Gasteiger partial charge in [-0.2, -0.15) is 0 Å². The molecule has 0 radical (unpaired) electrons. The van der Waals surface area contributed by atoms with Gasteiger partial charge in [0, 0.05) is 17.5 Å². The molecule has 0 unspecified atom stereocenters. The third-order valence-electron chi connectivity index (χ3n) is 5.11. The van der Waals surface area contributed by atoms with Crippen LogP contribution >= 0.6 is 15.9 Å². The van der Waals surface area contributed by atoms with Crippen molar-refractivity contribution in [1.82, 2.24) is 0 Å². The fourth-order valence-corrected chi connectivity index (χ4v) is 3.25. The SMILES string of the molecule is O=[N+]([O-])c1ccc(OCCOCCOCCOCCOCCOCCOCCOCCOCCOCCOCCBr)cc1. The maximum Gasteiger partial charge on any atom is 0.269 e. The third-order valence-corrected chi connectivity index (χ3v) is 5.44. The van der Waals surface area contributed by atoms with Gasteiger partial charge in [0.25, 0.3) is 5.69 Å². The lowest BCUT2D eigenvalue weighted by atomic mass is 10.3. The topological polar surface area (TPSA) is 145 Å². The van der Waals surface area contributed by atoms with Gasteiger partial charge < -0.3 is 52.1 Å². The molecule has 0 saturated heterocycles. The lowest BCUT2D eigenvalue weighted by Gasteiger charge is -2.09. The Hall–Kier alpha value is -1.50. The van der Waals surface area contributed by atoms with Crippen LogP contribution in [0.4, 0.5) is 5.69 Å². The second-order valence-electron chi connectivity index (χ2n) is 8.41. The van der Waals surface area contributed by atoms with Gasteiger partial charge in [0.2, 0.25) is 0 Å². The van der Waals surface area contributed by atoms with Crippen LogP contribution in [0.2, 0.25) is 0 Å². The number of rotatable bonds is 34. The molecule has 14 nitrogen and oxygen atoms in total. The van der Waals surface area contributed by atoms with Gasteiger partial charge in [0.15, 0.2) is 0 Å². The zero-order valence-corrected chi connectivity index (χ0v) is 26.6. The minimum absolute atomic E-state index is 0.0265. The lowest BCUT2D eigenvalue weighted by molar-refractivity contribution is -0.384. The average molecular weight is 687 g/mol. The molecule has 0 aliphatic rings. The lowest BCUT2D eigenvalue weighted by Crippen LogP contribution is -2.15. The molecular weight excluding hydrogens is 638 g/mol. The van der Waals surface area contributed by atoms with Crippen molar-refractivity contribution in [3.8, 4) is 5.75 Å². The minimum atomic E-state index is -0.452. The van der Waals surface area contributed by atoms with Crippen molar-refractivity contribution in [3.05, 3.63) is 34.4 Å². The predicted molar refractivity (Wildman–Crippen MR) is 161 cm³/mol. The Morgan fingerprint density at radius 1 is 0.442 bits per heavy atom. The number of hydrogen-bond acceptors (Lipinski definition) is 13. The summed E-state index contributed by atoms with van der Waals surface area (Å²) >= 11 is 3.29. The summed E-state index contributed by atoms with van der Waals surface area (Å²) in [5.41, 5.74) is 0.0265. The van der Waals surface area contributed by atoms with Crippen LogP contribution < -0.4 is 4.74 Å². The van der Waals surface area contributed by atoms with E-state index in [9.17, 15) is 10.1 Å². The highest BCUT2D eigenvalue weighted by Gasteiger charge is 2.04. The highest BCUT2D eigenvalue weighted by Crippen LogP contribution is 2.17. The van der Waals surface area contributed by atoms with Crippen LogP contribution in [-0.4, -0.2) is 149 Å². The van der Waals surface area contributed by atoms with E-state index in [0.717, 1.165) is 5.33 Å². The van der Waals surface area contributed by atoms with Crippen molar-refractivity contribution in [2.75, 3.05) is 144 Å². The summed E-state index contributed by atoms with van der Waals surface area (Å²) in [5.74, 6) is 0.557. The van der Waals surface area contributed by atoms with Crippen molar-refractivity contribution in [1.29, 1.82) is 0 Å². The Bertz CT molecular complexity index is 733. The first-order valence-corrected chi connectivity index (χ1v) is 15.6. The van der Waals surface area contributed by atoms with Gasteiger partial charge in [-0.1, -0.05) is 15.9 Å². The van der Waals surface area contributed by atoms with Gasteiger partial charge >= 0.3 is 0 Å². The molecule has 0 N–H and O–H groups in total. The normalized spacial score (nSPS) is 11.3. The minimum Gasteiger partial charge on any atom is -0.491 e. The smallest absolute Gasteiger partial charge is 0.269 e. The van der Waals surface area contributed by atoms with Crippen LogP contribution in [0.3, 0.4) is 0 Å². The van der Waals surface area contributed by atoms with Crippen LogP contribution in [0.5, 0.6) is 5.75 Å². The Morgan fingerprint density at radius 2 is 0.698 bits per heavy atom. The van der Waals surface area contributed by atoms with E-state index in [4.69, 9.17) is 52.1 Å². The maximum absolute atomic E-state index is 10.6. The molecule has 1 aromatic rings. The maximum atomic E-state index is 10.6. The summed E-state index contributed by atoms with van der Waals surface area (Å²) in [6.45, 7) is 10.5. The second kappa shape index (κ2) is 31.9. The molecule has 15 heteroatoms. The monoisotopic (exact) mass is 685 g/mol. The molecule has 0 aliphatic carbocycles. The molecule has 250 valence electrons. The fourth-order valence-electron chi connectivity index (χ4n) is 3.02. The Morgan fingerprint density at radius 3 is 0.953 bits per heavy atom. The van der Waals surface area contributed by atoms with E-state index in [1.807, 2.05) is 0 Å². The van der Waals surface area contributed by atoms with E-state index in [-0.39, 0.29) is 5.69 Å². The quantitative estimate of drug-likeness (QED) is 0.0454. The molecule has 0 aliphatic heterocycles. The van der Waals surface area contributed by atoms with E-state index in [0.29, 0.717) is 144 Å². The van der Waals surface area contributed by atoms with Crippen molar-refractivity contribution >= 4 is 21.6 Å². The van der Waals surface area contributed by atoms with Crippen LogP contribution in [-0.2, 0) is 47.4 Å². The number of benzene rings is 1. The Labute approximate surface area is 262 Å². The van der Waals surface area contributed by atoms with Gasteiger partial charge in [0.1, 0.15) is 12.4 Å². The molecule has 0 bridgehead atoms. The predicted octanol–water partition coefficient (Wildman–Crippen LogP) is 2.53. The summed E-state index contributed by atoms with van der Waals surface area (Å²) in [5, 5.41) is 11.5. The van der Waals surface area contributed by atoms with Crippen molar-refractivity contribution in [2.45, 2.75) is 0 Å². The summed E-state index contributed by atoms with van der Waals surface area (Å²) in [6.07, 6.45) is 0. The van der Waals surface area contributed by atoms with Crippen LogP contribution in [0.1, 0.15) is 0 Å². The van der Waals surface area contributed by atoms with Crippen molar-refractivity contribution in [2.24, 2.45) is 0 Å². The first-order chi connectivity index (χ1) is 21.2. The number of alkyl halides is 1. The van der Waals surface area contributed by atoms with Gasteiger partial charge in [-0.25, -0.2) is 0 Å². The molecule has 0 heterocycles. The highest BCUT2D eigenvalue weighted by molar-refractivity contribution is 9.09. The van der Waals surface area contributed by atoms with Gasteiger partial charge in [-0.05, 0) is 12.1 Å². The molecule has 0 fully saturated rings. The Kier molecular flexibility index (Phi) is 29.3. The number of ether oxygens (including phenoxy) is 11. The summed E-state index contributed by atoms with van der Waals surface area (Å²) in [7, 11) is 0. The summed E-state index contributed by atoms with van der Waals surface area (Å²) < 4.78 is 59.7. The third kappa shape index (κ3) is 27.8. The fraction of sp³-hybridized carbons (Fsp3) is 0.786. The van der Waals surface area contributed by atoms with Crippen LogP contribution in [0.25, 0.3) is 0 Å². The molecule has 1 rings (SSSR count). The number of nitrogens with zero attached hydrogens (tertiary/aromatic N) is 1. The van der Waals surface area contributed by atoms with Crippen LogP contribution in [0, 0.1) is 10.1 Å². The highest BCUT2D eigenvalue weighted by atomic mass is 79.9. The number of nitro benzene ring substituents is 1. The number of non-ortho nitro benzene ring substituents is 1. The van der Waals surface area contributed by atoms with Gasteiger partial charge in [-0.3, -0.25) is 10.1 Å². The zero-order chi connectivity index (χ0) is 30.9. The largest absolute Gasteiger partial charge is 0.491 e. The van der Waals surface area contributed by atoms with Crippen molar-refractivity contribution < 1.29 is 57.0 Å². The van der Waals surface area contributed by atoms with E-state index >= 15 is 0 Å². The molecule has 0 spiro atoms. The molecule has 0 amide bonds. The standard InChI is InChI=1S/C28H48BrNO13/c29-5-6-33-7-8-34-9-10-35-11-12-36-13-14-37-15-16-38-17-18-39-19-20-40-21-22-41-23-24-42-25-26-43-28-3-1-27(2-4-28)30(31)32/h1-4H,5-26H2. The summed E-state index contributed by atoms with van der Waals surface area (Å²) in [6, 6.07) is 5.91. The first kappa shape index (κ1) is 39.5. The first-order valence-electron chi connectivity index (χ1n) is 14.4. The summed E-state index contributed by atoms with van der Waals surface area (Å²) in [4.78, 5) is 10.2. The van der Waals surface area contributed by atoms with E-state index in [1.54, 1.807) is 12.1 Å². The molecule has 1 aromatic carbocycles. The van der Waals surface area contributed by atoms with E-state index < -0.39 is 4.92 Å². The van der Waals surface area contributed by atoms with E-state index in [1.165, 1.54) is 12.1 Å². The zero-order valence-electron chi connectivity index (χ0n) is 25.0. The number of halogens is 1. The molecule has 0 saturated carbocycles. The molecule has 0 aromatic heterocycles. The van der Waals surface area contributed by atoms with Crippen molar-refractivity contribution in [3.63, 3.8) is 0 Å². The molecule has 43 heavy (non-hydrogen) atoms. The number of hydrogen-bond donors (Lipinski definition) is 0. The van der Waals surface area contributed by atoms with Gasteiger partial charge in [-0.15, -0.1) is 0 Å². The molecular formula is C28H48BrNO13.